The van der Waals surface area contributed by atoms with Gasteiger partial charge in [0.05, 0.1) is 0 Å². The van der Waals surface area contributed by atoms with Crippen LogP contribution in [0, 0.1) is 0 Å². The average molecular weight is 262 g/mol. The Kier molecular flexibility index (Phi) is 6.15. The van der Waals surface area contributed by atoms with Crippen molar-refractivity contribution in [3.63, 3.8) is 0 Å². The van der Waals surface area contributed by atoms with Crippen molar-refractivity contribution in [1.82, 2.24) is 10.6 Å². The van der Waals surface area contributed by atoms with E-state index in [-0.39, 0.29) is 6.42 Å². The highest BCUT2D eigenvalue weighted by atomic mass is 16.4. The van der Waals surface area contributed by atoms with Crippen molar-refractivity contribution in [1.29, 1.82) is 0 Å². The van der Waals surface area contributed by atoms with Crippen LogP contribution < -0.4 is 10.6 Å². The number of rotatable bonds is 7. The average Bonchev–Trinajstić information content (AvgIpc) is 2.39. The summed E-state index contributed by atoms with van der Waals surface area (Å²) in [6, 6.07) is 7.75. The van der Waals surface area contributed by atoms with Gasteiger partial charge in [0, 0.05) is 13.0 Å². The number of nitrogens with one attached hydrogen (secondary N) is 2. The van der Waals surface area contributed by atoms with Gasteiger partial charge in [-0.05, 0) is 12.0 Å². The lowest BCUT2D eigenvalue weighted by Crippen LogP contribution is -2.47. The molecule has 1 aromatic carbocycles. The lowest BCUT2D eigenvalue weighted by molar-refractivity contribution is -0.139. The molecule has 19 heavy (non-hydrogen) atoms. The van der Waals surface area contributed by atoms with Gasteiger partial charge in [0.15, 0.2) is 0 Å². The molecule has 102 valence electrons. The summed E-state index contributed by atoms with van der Waals surface area (Å²) >= 11 is 0. The number of amides is 2. The van der Waals surface area contributed by atoms with Crippen molar-refractivity contribution in [3.05, 3.63) is 48.6 Å². The zero-order valence-corrected chi connectivity index (χ0v) is 10.6. The van der Waals surface area contributed by atoms with Gasteiger partial charge in [-0.25, -0.2) is 9.59 Å². The predicted octanol–water partition coefficient (Wildman–Crippen LogP) is 1.56. The molecule has 0 aliphatic rings. The first-order valence-corrected chi connectivity index (χ1v) is 6.05. The van der Waals surface area contributed by atoms with Gasteiger partial charge in [0.2, 0.25) is 0 Å². The summed E-state index contributed by atoms with van der Waals surface area (Å²) in [7, 11) is 0. The summed E-state index contributed by atoms with van der Waals surface area (Å²) in [6.07, 6.45) is 2.58. The highest BCUT2D eigenvalue weighted by Crippen LogP contribution is 2.03. The standard InChI is InChI=1S/C14H18N2O3/c1-2-3-9-15-14(19)16-12(13(17)18)10-11-7-5-4-6-8-11/h2,4-8,12H,1,3,9-10H2,(H,17,18)(H2,15,16,19)/t12-/m0/s1. The van der Waals surface area contributed by atoms with Crippen LogP contribution >= 0.6 is 0 Å². The molecule has 0 bridgehead atoms. The number of carboxylic acid groups (broad SMARTS) is 1. The minimum Gasteiger partial charge on any atom is -0.480 e. The van der Waals surface area contributed by atoms with Gasteiger partial charge >= 0.3 is 12.0 Å². The third kappa shape index (κ3) is 5.72. The number of benzene rings is 1. The zero-order chi connectivity index (χ0) is 14.1. The number of carboxylic acids is 1. The molecule has 1 rings (SSSR count). The maximum Gasteiger partial charge on any atom is 0.326 e. The van der Waals surface area contributed by atoms with Crippen LogP contribution in [0.3, 0.4) is 0 Å². The zero-order valence-electron chi connectivity index (χ0n) is 10.6. The maximum absolute atomic E-state index is 11.5. The topological polar surface area (TPSA) is 78.4 Å². The normalized spacial score (nSPS) is 11.4. The Bertz CT molecular complexity index is 432. The molecular formula is C14H18N2O3. The Morgan fingerprint density at radius 2 is 2.00 bits per heavy atom. The number of hydrogen-bond donors (Lipinski definition) is 3. The summed E-state index contributed by atoms with van der Waals surface area (Å²) < 4.78 is 0. The molecule has 0 aromatic heterocycles. The van der Waals surface area contributed by atoms with Crippen molar-refractivity contribution in [2.24, 2.45) is 0 Å². The number of aliphatic carboxylic acids is 1. The number of carbonyl (C=O) groups is 2. The molecule has 0 saturated heterocycles. The van der Waals surface area contributed by atoms with Crippen molar-refractivity contribution < 1.29 is 14.7 Å². The maximum atomic E-state index is 11.5. The highest BCUT2D eigenvalue weighted by molar-refractivity contribution is 5.82. The molecular weight excluding hydrogens is 244 g/mol. The number of hydrogen-bond acceptors (Lipinski definition) is 2. The van der Waals surface area contributed by atoms with E-state index < -0.39 is 18.0 Å². The van der Waals surface area contributed by atoms with Gasteiger partial charge < -0.3 is 15.7 Å². The van der Waals surface area contributed by atoms with Crippen LogP contribution in [0.15, 0.2) is 43.0 Å². The van der Waals surface area contributed by atoms with Crippen LogP contribution in [-0.4, -0.2) is 29.7 Å². The first kappa shape index (κ1) is 14.8. The molecule has 0 saturated carbocycles. The van der Waals surface area contributed by atoms with Crippen molar-refractivity contribution in [2.45, 2.75) is 18.9 Å². The summed E-state index contributed by atoms with van der Waals surface area (Å²) in [5.74, 6) is -1.05. The van der Waals surface area contributed by atoms with Crippen LogP contribution in [-0.2, 0) is 11.2 Å². The van der Waals surface area contributed by atoms with Crippen LogP contribution in [0.25, 0.3) is 0 Å². The van der Waals surface area contributed by atoms with Gasteiger partial charge in [-0.15, -0.1) is 6.58 Å². The van der Waals surface area contributed by atoms with Gasteiger partial charge in [-0.1, -0.05) is 36.4 Å². The lowest BCUT2D eigenvalue weighted by Gasteiger charge is -2.15. The van der Waals surface area contributed by atoms with E-state index in [1.807, 2.05) is 30.3 Å². The van der Waals surface area contributed by atoms with Gasteiger partial charge in [-0.2, -0.15) is 0 Å². The van der Waals surface area contributed by atoms with Crippen LogP contribution in [0.1, 0.15) is 12.0 Å². The molecule has 1 aromatic rings. The molecule has 0 aliphatic heterocycles. The molecule has 0 unspecified atom stereocenters. The van der Waals surface area contributed by atoms with E-state index in [2.05, 4.69) is 17.2 Å². The fourth-order valence-electron chi connectivity index (χ4n) is 1.55. The SMILES string of the molecule is C=CCCNC(=O)N[C@@H](Cc1ccccc1)C(=O)O. The lowest BCUT2D eigenvalue weighted by atomic mass is 10.1. The molecule has 0 heterocycles. The second kappa shape index (κ2) is 7.92. The summed E-state index contributed by atoms with van der Waals surface area (Å²) in [5, 5.41) is 14.1. The Morgan fingerprint density at radius 3 is 2.58 bits per heavy atom. The van der Waals surface area contributed by atoms with E-state index in [1.54, 1.807) is 6.08 Å². The Morgan fingerprint density at radius 1 is 1.32 bits per heavy atom. The molecule has 0 fully saturated rings. The van der Waals surface area contributed by atoms with Crippen LogP contribution in [0.4, 0.5) is 4.79 Å². The van der Waals surface area contributed by atoms with E-state index in [1.165, 1.54) is 0 Å². The third-order valence-corrected chi connectivity index (χ3v) is 2.52. The fourth-order valence-corrected chi connectivity index (χ4v) is 1.55. The molecule has 2 amide bonds. The van der Waals surface area contributed by atoms with Gasteiger partial charge in [0.25, 0.3) is 0 Å². The number of urea groups is 1. The van der Waals surface area contributed by atoms with E-state index >= 15 is 0 Å². The second-order valence-corrected chi connectivity index (χ2v) is 4.06. The fraction of sp³-hybridized carbons (Fsp3) is 0.286. The van der Waals surface area contributed by atoms with Crippen LogP contribution in [0.5, 0.6) is 0 Å². The van der Waals surface area contributed by atoms with E-state index in [0.29, 0.717) is 13.0 Å². The highest BCUT2D eigenvalue weighted by Gasteiger charge is 2.19. The molecule has 0 spiro atoms. The van der Waals surface area contributed by atoms with Gasteiger partial charge in [-0.3, -0.25) is 0 Å². The van der Waals surface area contributed by atoms with Crippen molar-refractivity contribution in [3.8, 4) is 0 Å². The van der Waals surface area contributed by atoms with Crippen molar-refractivity contribution in [2.75, 3.05) is 6.54 Å². The quantitative estimate of drug-likeness (QED) is 0.515. The van der Waals surface area contributed by atoms with Gasteiger partial charge in [0.1, 0.15) is 6.04 Å². The van der Waals surface area contributed by atoms with E-state index in [0.717, 1.165) is 5.56 Å². The van der Waals surface area contributed by atoms with Crippen molar-refractivity contribution >= 4 is 12.0 Å². The Labute approximate surface area is 112 Å². The molecule has 5 heteroatoms. The Balaban J connectivity index is 2.51. The third-order valence-electron chi connectivity index (χ3n) is 2.52. The summed E-state index contributed by atoms with van der Waals surface area (Å²) in [6.45, 7) is 3.97. The van der Waals surface area contributed by atoms with E-state index in [9.17, 15) is 9.59 Å². The number of carbonyl (C=O) groups excluding carboxylic acids is 1. The minimum atomic E-state index is -1.05. The molecule has 1 atom stereocenters. The van der Waals surface area contributed by atoms with E-state index in [4.69, 9.17) is 5.11 Å². The predicted molar refractivity (Wildman–Crippen MR) is 72.9 cm³/mol. The molecule has 3 N–H and O–H groups in total. The first-order valence-electron chi connectivity index (χ1n) is 6.05. The molecule has 0 radical (unpaired) electrons. The smallest absolute Gasteiger partial charge is 0.326 e. The minimum absolute atomic E-state index is 0.255. The molecule has 5 nitrogen and oxygen atoms in total. The molecule has 0 aliphatic carbocycles. The van der Waals surface area contributed by atoms with Crippen LogP contribution in [0.2, 0.25) is 0 Å². The largest absolute Gasteiger partial charge is 0.480 e. The summed E-state index contributed by atoms with van der Waals surface area (Å²) in [4.78, 5) is 22.6. The second-order valence-electron chi connectivity index (χ2n) is 4.06. The first-order chi connectivity index (χ1) is 9.13. The summed E-state index contributed by atoms with van der Waals surface area (Å²) in [5.41, 5.74) is 0.862. The monoisotopic (exact) mass is 262 g/mol. The Hall–Kier alpha value is -2.30.